The first kappa shape index (κ1) is 12.4. The van der Waals surface area contributed by atoms with E-state index in [9.17, 15) is 24.5 Å². The zero-order valence-electron chi connectivity index (χ0n) is 8.43. The van der Waals surface area contributed by atoms with Gasteiger partial charge in [-0.25, -0.2) is 0 Å². The number of pyridine rings is 1. The number of hydrogen-bond donors (Lipinski definition) is 3. The van der Waals surface area contributed by atoms with Gasteiger partial charge in [-0.2, -0.15) is 0 Å². The molecule has 90 valence electrons. The third kappa shape index (κ3) is 3.12. The third-order valence-electron chi connectivity index (χ3n) is 1.77. The third-order valence-corrected chi connectivity index (χ3v) is 1.77. The summed E-state index contributed by atoms with van der Waals surface area (Å²) in [5, 5.41) is 12.5. The number of rotatable bonds is 4. The first-order valence-corrected chi connectivity index (χ1v) is 4.35. The second-order valence-electron chi connectivity index (χ2n) is 3.01. The van der Waals surface area contributed by atoms with Crippen molar-refractivity contribution in [2.45, 2.75) is 0 Å². The second kappa shape index (κ2) is 4.88. The van der Waals surface area contributed by atoms with E-state index in [2.05, 4.69) is 0 Å². The zero-order valence-corrected chi connectivity index (χ0v) is 8.43. The molecule has 1 aromatic rings. The molecule has 0 unspecified atom stereocenters. The SMILES string of the molecule is NC(=O)CNC(=O)c1cc([N+](=O)[O-])c[nH]c1=O. The van der Waals surface area contributed by atoms with E-state index in [1.165, 1.54) is 0 Å². The van der Waals surface area contributed by atoms with Crippen LogP contribution in [0.15, 0.2) is 17.1 Å². The van der Waals surface area contributed by atoms with Gasteiger partial charge in [0.05, 0.1) is 17.7 Å². The number of nitrogens with one attached hydrogen (secondary N) is 2. The molecule has 0 fully saturated rings. The summed E-state index contributed by atoms with van der Waals surface area (Å²) in [6.45, 7) is -0.457. The van der Waals surface area contributed by atoms with Crippen LogP contribution >= 0.6 is 0 Å². The molecule has 1 rings (SSSR count). The molecule has 0 aliphatic carbocycles. The van der Waals surface area contributed by atoms with Gasteiger partial charge in [0.2, 0.25) is 5.91 Å². The van der Waals surface area contributed by atoms with Crippen molar-refractivity contribution in [1.29, 1.82) is 0 Å². The van der Waals surface area contributed by atoms with Gasteiger partial charge in [0, 0.05) is 6.07 Å². The van der Waals surface area contributed by atoms with Crippen molar-refractivity contribution in [3.05, 3.63) is 38.3 Å². The Hall–Kier alpha value is -2.71. The van der Waals surface area contributed by atoms with Gasteiger partial charge < -0.3 is 16.0 Å². The number of H-pyrrole nitrogens is 1. The summed E-state index contributed by atoms with van der Waals surface area (Å²) in [4.78, 5) is 44.7. The van der Waals surface area contributed by atoms with Crippen molar-refractivity contribution in [2.24, 2.45) is 5.73 Å². The molecule has 0 atom stereocenters. The Morgan fingerprint density at radius 2 is 2.18 bits per heavy atom. The van der Waals surface area contributed by atoms with Crippen LogP contribution in [0.4, 0.5) is 5.69 Å². The maximum absolute atomic E-state index is 11.4. The Bertz CT molecular complexity index is 535. The molecule has 0 aliphatic rings. The number of aromatic nitrogens is 1. The maximum Gasteiger partial charge on any atom is 0.286 e. The molecule has 0 saturated heterocycles. The molecule has 0 aliphatic heterocycles. The first-order valence-electron chi connectivity index (χ1n) is 4.35. The van der Waals surface area contributed by atoms with Gasteiger partial charge >= 0.3 is 0 Å². The molecule has 2 amide bonds. The fraction of sp³-hybridized carbons (Fsp3) is 0.125. The lowest BCUT2D eigenvalue weighted by atomic mass is 10.2. The highest BCUT2D eigenvalue weighted by Gasteiger charge is 2.16. The molecule has 1 aromatic heterocycles. The fourth-order valence-corrected chi connectivity index (χ4v) is 1.01. The highest BCUT2D eigenvalue weighted by molar-refractivity contribution is 5.96. The molecule has 0 spiro atoms. The molecule has 0 aromatic carbocycles. The highest BCUT2D eigenvalue weighted by Crippen LogP contribution is 2.07. The Kier molecular flexibility index (Phi) is 3.55. The summed E-state index contributed by atoms with van der Waals surface area (Å²) in [5.41, 5.74) is 3.10. The fourth-order valence-electron chi connectivity index (χ4n) is 1.01. The van der Waals surface area contributed by atoms with Crippen LogP contribution in [0.1, 0.15) is 10.4 Å². The average molecular weight is 240 g/mol. The number of primary amides is 1. The summed E-state index contributed by atoms with van der Waals surface area (Å²) >= 11 is 0. The van der Waals surface area contributed by atoms with Crippen LogP contribution in [0, 0.1) is 10.1 Å². The van der Waals surface area contributed by atoms with Crippen molar-refractivity contribution in [1.82, 2.24) is 10.3 Å². The monoisotopic (exact) mass is 240 g/mol. The van der Waals surface area contributed by atoms with Gasteiger partial charge in [0.1, 0.15) is 5.56 Å². The van der Waals surface area contributed by atoms with Gasteiger partial charge in [-0.05, 0) is 0 Å². The first-order chi connectivity index (χ1) is 7.91. The highest BCUT2D eigenvalue weighted by atomic mass is 16.6. The molecule has 17 heavy (non-hydrogen) atoms. The molecule has 1 heterocycles. The molecule has 4 N–H and O–H groups in total. The van der Waals surface area contributed by atoms with Crippen LogP contribution in [-0.4, -0.2) is 28.3 Å². The minimum Gasteiger partial charge on any atom is -0.368 e. The van der Waals surface area contributed by atoms with Crippen molar-refractivity contribution in [2.75, 3.05) is 6.54 Å². The second-order valence-corrected chi connectivity index (χ2v) is 3.01. The number of nitro groups is 1. The number of carbonyl (C=O) groups is 2. The minimum atomic E-state index is -0.909. The molecule has 0 radical (unpaired) electrons. The van der Waals surface area contributed by atoms with Crippen molar-refractivity contribution in [3.8, 4) is 0 Å². The van der Waals surface area contributed by atoms with Crippen molar-refractivity contribution in [3.63, 3.8) is 0 Å². The van der Waals surface area contributed by atoms with E-state index in [0.29, 0.717) is 0 Å². The lowest BCUT2D eigenvalue weighted by molar-refractivity contribution is -0.385. The molecular weight excluding hydrogens is 232 g/mol. The molecular formula is C8H8N4O5. The number of nitrogens with two attached hydrogens (primary N) is 1. The summed E-state index contributed by atoms with van der Waals surface area (Å²) in [5.74, 6) is -1.70. The number of hydrogen-bond acceptors (Lipinski definition) is 5. The largest absolute Gasteiger partial charge is 0.368 e. The van der Waals surface area contributed by atoms with Crippen LogP contribution in [0.2, 0.25) is 0 Å². The molecule has 9 heteroatoms. The van der Waals surface area contributed by atoms with Crippen LogP contribution in [-0.2, 0) is 4.79 Å². The number of nitrogens with zero attached hydrogens (tertiary/aromatic N) is 1. The number of carbonyl (C=O) groups excluding carboxylic acids is 2. The lowest BCUT2D eigenvalue weighted by Gasteiger charge is -2.01. The Morgan fingerprint density at radius 3 is 2.71 bits per heavy atom. The Balaban J connectivity index is 3.00. The number of amides is 2. The lowest BCUT2D eigenvalue weighted by Crippen LogP contribution is -2.36. The topological polar surface area (TPSA) is 148 Å². The van der Waals surface area contributed by atoms with E-state index < -0.39 is 40.1 Å². The summed E-state index contributed by atoms with van der Waals surface area (Å²) in [6, 6.07) is 0.815. The van der Waals surface area contributed by atoms with Gasteiger partial charge in [-0.3, -0.25) is 24.5 Å². The van der Waals surface area contributed by atoms with Gasteiger partial charge in [-0.1, -0.05) is 0 Å². The molecule has 0 saturated carbocycles. The van der Waals surface area contributed by atoms with E-state index in [1.807, 2.05) is 10.3 Å². The van der Waals surface area contributed by atoms with Crippen LogP contribution < -0.4 is 16.6 Å². The summed E-state index contributed by atoms with van der Waals surface area (Å²) in [6.07, 6.45) is 0.868. The standard InChI is InChI=1S/C8H8N4O5/c9-6(13)3-11-8(15)5-1-4(12(16)17)2-10-7(5)14/h1-2H,3H2,(H2,9,13)(H,10,14)(H,11,15). The van der Waals surface area contributed by atoms with Crippen LogP contribution in [0.25, 0.3) is 0 Å². The van der Waals surface area contributed by atoms with E-state index in [1.54, 1.807) is 0 Å². The van der Waals surface area contributed by atoms with E-state index in [4.69, 9.17) is 5.73 Å². The number of aromatic amines is 1. The van der Waals surface area contributed by atoms with Crippen LogP contribution in [0.3, 0.4) is 0 Å². The smallest absolute Gasteiger partial charge is 0.286 e. The van der Waals surface area contributed by atoms with Crippen molar-refractivity contribution < 1.29 is 14.5 Å². The Labute approximate surface area is 93.8 Å². The quantitative estimate of drug-likeness (QED) is 0.432. The average Bonchev–Trinajstić information content (AvgIpc) is 2.26. The molecule has 9 nitrogen and oxygen atoms in total. The normalized spacial score (nSPS) is 9.65. The predicted octanol–water partition coefficient (Wildman–Crippen LogP) is -1.50. The zero-order chi connectivity index (χ0) is 13.0. The minimum absolute atomic E-state index is 0.436. The Morgan fingerprint density at radius 1 is 1.53 bits per heavy atom. The van der Waals surface area contributed by atoms with E-state index in [-0.39, 0.29) is 0 Å². The van der Waals surface area contributed by atoms with Gasteiger partial charge in [0.15, 0.2) is 0 Å². The van der Waals surface area contributed by atoms with E-state index >= 15 is 0 Å². The predicted molar refractivity (Wildman–Crippen MR) is 55.2 cm³/mol. The van der Waals surface area contributed by atoms with Crippen LogP contribution in [0.5, 0.6) is 0 Å². The van der Waals surface area contributed by atoms with Crippen molar-refractivity contribution >= 4 is 17.5 Å². The maximum atomic E-state index is 11.4. The summed E-state index contributed by atoms with van der Waals surface area (Å²) < 4.78 is 0. The van der Waals surface area contributed by atoms with Gasteiger partial charge in [-0.15, -0.1) is 0 Å². The van der Waals surface area contributed by atoms with E-state index in [0.717, 1.165) is 12.3 Å². The summed E-state index contributed by atoms with van der Waals surface area (Å²) in [7, 11) is 0. The van der Waals surface area contributed by atoms with Gasteiger partial charge in [0.25, 0.3) is 17.2 Å². The molecule has 0 bridgehead atoms.